The summed E-state index contributed by atoms with van der Waals surface area (Å²) >= 11 is 3.96. The molecule has 0 fully saturated rings. The molecule has 6 aromatic rings. The van der Waals surface area contributed by atoms with Crippen LogP contribution in [0.3, 0.4) is 0 Å². The van der Waals surface area contributed by atoms with E-state index in [-0.39, 0.29) is 0 Å². The van der Waals surface area contributed by atoms with Crippen LogP contribution in [0.2, 0.25) is 12.1 Å². The zero-order valence-corrected chi connectivity index (χ0v) is 24.9. The highest BCUT2D eigenvalue weighted by atomic mass is 32.1. The Morgan fingerprint density at radius 2 is 0.872 bits per heavy atom. The first-order chi connectivity index (χ1) is 19.2. The van der Waals surface area contributed by atoms with E-state index < -0.39 is 8.07 Å². The molecule has 3 heteroatoms. The Morgan fingerprint density at radius 1 is 0.487 bits per heavy atom. The van der Waals surface area contributed by atoms with Crippen molar-refractivity contribution >= 4 is 72.5 Å². The lowest BCUT2D eigenvalue weighted by molar-refractivity contribution is 1.30. The SMILES string of the molecule is CC[Si]1(CC)C(c2cc3ccccc3s2)=C(c2ccccc2)C(c2ccccc2)=C1c1cc2ccccc2s1. The van der Waals surface area contributed by atoms with E-state index in [1.165, 1.54) is 64.3 Å². The van der Waals surface area contributed by atoms with Crippen molar-refractivity contribution < 1.29 is 0 Å². The zero-order valence-electron chi connectivity index (χ0n) is 22.3. The number of allylic oxidation sites excluding steroid dienone is 2. The van der Waals surface area contributed by atoms with Gasteiger partial charge in [-0.2, -0.15) is 0 Å². The predicted molar refractivity (Wildman–Crippen MR) is 177 cm³/mol. The quantitative estimate of drug-likeness (QED) is 0.180. The van der Waals surface area contributed by atoms with Crippen LogP contribution in [0.15, 0.2) is 121 Å². The first-order valence-electron chi connectivity index (χ1n) is 13.8. The molecule has 1 aliphatic heterocycles. The summed E-state index contributed by atoms with van der Waals surface area (Å²) < 4.78 is 2.75. The molecule has 0 unspecified atom stereocenters. The summed E-state index contributed by atoms with van der Waals surface area (Å²) in [5, 5.41) is 5.96. The van der Waals surface area contributed by atoms with Crippen LogP contribution in [0.1, 0.15) is 34.7 Å². The molecule has 1 aliphatic rings. The van der Waals surface area contributed by atoms with E-state index in [2.05, 4.69) is 135 Å². The molecule has 3 heterocycles. The minimum absolute atomic E-state index is 1.18. The van der Waals surface area contributed by atoms with Crippen LogP contribution >= 0.6 is 22.7 Å². The van der Waals surface area contributed by atoms with E-state index in [0.29, 0.717) is 0 Å². The maximum absolute atomic E-state index is 2.47. The van der Waals surface area contributed by atoms with Gasteiger partial charge < -0.3 is 0 Å². The van der Waals surface area contributed by atoms with Crippen molar-refractivity contribution in [2.45, 2.75) is 25.9 Å². The highest BCUT2D eigenvalue weighted by molar-refractivity contribution is 7.28. The average molecular weight is 555 g/mol. The Labute approximate surface area is 239 Å². The van der Waals surface area contributed by atoms with Crippen molar-refractivity contribution in [2.75, 3.05) is 0 Å². The largest absolute Gasteiger partial charge is 0.136 e. The zero-order chi connectivity index (χ0) is 26.4. The lowest BCUT2D eigenvalue weighted by Crippen LogP contribution is -2.34. The molecule has 2 aromatic heterocycles. The van der Waals surface area contributed by atoms with Crippen molar-refractivity contribution in [3.05, 3.63) is 142 Å². The summed E-state index contributed by atoms with van der Waals surface area (Å²) in [5.41, 5.74) is 5.57. The van der Waals surface area contributed by atoms with Gasteiger partial charge in [0.05, 0.1) is 0 Å². The molecule has 0 bridgehead atoms. The third kappa shape index (κ3) is 3.91. The Bertz CT molecular complexity index is 1660. The number of thiophene rings is 2. The number of rotatable bonds is 6. The van der Waals surface area contributed by atoms with Crippen LogP contribution in [0, 0.1) is 0 Å². The van der Waals surface area contributed by atoms with Gasteiger partial charge >= 0.3 is 0 Å². The molecule has 7 rings (SSSR count). The van der Waals surface area contributed by atoms with Gasteiger partial charge in [-0.3, -0.25) is 0 Å². The second-order valence-electron chi connectivity index (χ2n) is 10.3. The van der Waals surface area contributed by atoms with Crippen molar-refractivity contribution in [3.8, 4) is 0 Å². The van der Waals surface area contributed by atoms with Crippen LogP contribution in [0.5, 0.6) is 0 Å². The number of hydrogen-bond donors (Lipinski definition) is 0. The van der Waals surface area contributed by atoms with Crippen LogP contribution < -0.4 is 0 Å². The average Bonchev–Trinajstić information content (AvgIpc) is 3.69. The summed E-state index contributed by atoms with van der Waals surface area (Å²) in [4.78, 5) is 2.91. The van der Waals surface area contributed by atoms with E-state index in [1.807, 2.05) is 22.7 Å². The number of fused-ring (bicyclic) bond motifs is 2. The van der Waals surface area contributed by atoms with E-state index in [1.54, 1.807) is 10.4 Å². The summed E-state index contributed by atoms with van der Waals surface area (Å²) in [6.07, 6.45) is 0. The van der Waals surface area contributed by atoms with Gasteiger partial charge in [0.2, 0.25) is 0 Å². The summed E-state index contributed by atoms with van der Waals surface area (Å²) in [5.74, 6) is 0. The maximum atomic E-state index is 2.47. The topological polar surface area (TPSA) is 0 Å². The molecule has 0 amide bonds. The molecule has 0 atom stereocenters. The van der Waals surface area contributed by atoms with Gasteiger partial charge in [0.25, 0.3) is 0 Å². The van der Waals surface area contributed by atoms with Gasteiger partial charge in [-0.25, -0.2) is 0 Å². The highest BCUT2D eigenvalue weighted by Crippen LogP contribution is 2.60. The van der Waals surface area contributed by atoms with Crippen LogP contribution in [-0.4, -0.2) is 8.07 Å². The van der Waals surface area contributed by atoms with Gasteiger partial charge in [0.15, 0.2) is 0 Å². The Hall–Kier alpha value is -3.50. The molecule has 39 heavy (non-hydrogen) atoms. The van der Waals surface area contributed by atoms with Gasteiger partial charge in [-0.1, -0.05) is 123 Å². The second-order valence-corrected chi connectivity index (χ2v) is 17.1. The van der Waals surface area contributed by atoms with E-state index >= 15 is 0 Å². The van der Waals surface area contributed by atoms with Crippen LogP contribution in [-0.2, 0) is 0 Å². The summed E-state index contributed by atoms with van der Waals surface area (Å²) in [6, 6.07) is 47.5. The molecule has 0 nitrogen and oxygen atoms in total. The summed E-state index contributed by atoms with van der Waals surface area (Å²) in [6.45, 7) is 4.90. The van der Waals surface area contributed by atoms with E-state index in [9.17, 15) is 0 Å². The third-order valence-corrected chi connectivity index (χ3v) is 16.4. The van der Waals surface area contributed by atoms with Gasteiger partial charge in [-0.15, -0.1) is 22.7 Å². The fourth-order valence-corrected chi connectivity index (χ4v) is 14.8. The molecule has 4 aromatic carbocycles. The fraction of sp³-hybridized carbons (Fsp3) is 0.111. The second kappa shape index (κ2) is 9.91. The Kier molecular flexibility index (Phi) is 6.23. The van der Waals surface area contributed by atoms with Crippen molar-refractivity contribution in [1.82, 2.24) is 0 Å². The van der Waals surface area contributed by atoms with Gasteiger partial charge in [-0.05, 0) is 67.7 Å². The fourth-order valence-electron chi connectivity index (χ4n) is 6.53. The van der Waals surface area contributed by atoms with Crippen LogP contribution in [0.4, 0.5) is 0 Å². The minimum atomic E-state index is -2.16. The Morgan fingerprint density at radius 3 is 1.26 bits per heavy atom. The monoisotopic (exact) mass is 554 g/mol. The molecule has 190 valence electrons. The first kappa shape index (κ1) is 24.5. The summed E-state index contributed by atoms with van der Waals surface area (Å²) in [7, 11) is -2.16. The molecule has 0 saturated heterocycles. The first-order valence-corrected chi connectivity index (χ1v) is 17.9. The van der Waals surface area contributed by atoms with Crippen molar-refractivity contribution in [2.24, 2.45) is 0 Å². The molecular formula is C36H30S2Si. The molecule has 0 aliphatic carbocycles. The Balaban J connectivity index is 1.64. The van der Waals surface area contributed by atoms with E-state index in [0.717, 1.165) is 0 Å². The number of benzene rings is 4. The van der Waals surface area contributed by atoms with Crippen LogP contribution in [0.25, 0.3) is 41.7 Å². The lowest BCUT2D eigenvalue weighted by Gasteiger charge is -2.31. The number of hydrogen-bond acceptors (Lipinski definition) is 2. The van der Waals surface area contributed by atoms with Gasteiger partial charge in [0.1, 0.15) is 8.07 Å². The molecule has 0 radical (unpaired) electrons. The normalized spacial score (nSPS) is 15.1. The molecule has 0 N–H and O–H groups in total. The standard InChI is InChI=1S/C36H30S2Si/c1-3-39(4-2)35(31-23-27-19-11-13-21-29(27)37-31)33(25-15-7-5-8-16-25)34(26-17-9-6-10-18-26)36(39)32-24-28-20-12-14-22-30(28)38-32/h5-24H,3-4H2,1-2H3. The molecule has 0 saturated carbocycles. The van der Waals surface area contributed by atoms with Crippen molar-refractivity contribution in [3.63, 3.8) is 0 Å². The maximum Gasteiger partial charge on any atom is 0.123 e. The molecular weight excluding hydrogens is 525 g/mol. The van der Waals surface area contributed by atoms with Crippen molar-refractivity contribution in [1.29, 1.82) is 0 Å². The lowest BCUT2D eigenvalue weighted by atomic mass is 9.91. The smallest absolute Gasteiger partial charge is 0.123 e. The molecule has 0 spiro atoms. The van der Waals surface area contributed by atoms with Gasteiger partial charge in [0, 0.05) is 19.2 Å². The minimum Gasteiger partial charge on any atom is -0.136 e. The third-order valence-electron chi connectivity index (χ3n) is 8.38. The van der Waals surface area contributed by atoms with E-state index in [4.69, 9.17) is 0 Å². The highest BCUT2D eigenvalue weighted by Gasteiger charge is 2.49. The predicted octanol–water partition coefficient (Wildman–Crippen LogP) is 11.2.